The summed E-state index contributed by atoms with van der Waals surface area (Å²) in [5, 5.41) is 7.35. The molecule has 1 aromatic carbocycles. The summed E-state index contributed by atoms with van der Waals surface area (Å²) in [6.07, 6.45) is 1.57. The van der Waals surface area contributed by atoms with E-state index in [9.17, 15) is 19.2 Å². The van der Waals surface area contributed by atoms with Crippen LogP contribution >= 0.6 is 0 Å². The zero-order valence-corrected chi connectivity index (χ0v) is 18.6. The van der Waals surface area contributed by atoms with E-state index >= 15 is 0 Å². The van der Waals surface area contributed by atoms with Gasteiger partial charge >= 0.3 is 6.09 Å². The number of nitrogens with two attached hydrogens (primary N) is 1. The molecule has 4 amide bonds. The molecular weight excluding hydrogens is 412 g/mol. The van der Waals surface area contributed by atoms with E-state index in [1.165, 1.54) is 0 Å². The third kappa shape index (κ3) is 7.26. The molecule has 0 spiro atoms. The predicted octanol–water partition coefficient (Wildman–Crippen LogP) is 2.66. The molecule has 1 fully saturated rings. The lowest BCUT2D eigenvalue weighted by atomic mass is 9.96. The topological polar surface area (TPSA) is 140 Å². The Kier molecular flexibility index (Phi) is 7.80. The zero-order valence-electron chi connectivity index (χ0n) is 18.6. The number of ether oxygens (including phenoxy) is 1. The fourth-order valence-corrected chi connectivity index (χ4v) is 3.36. The van der Waals surface area contributed by atoms with Crippen molar-refractivity contribution in [3.8, 4) is 0 Å². The molecule has 0 saturated heterocycles. The number of carbonyl (C=O) groups is 4. The minimum absolute atomic E-state index is 0.179. The van der Waals surface area contributed by atoms with Crippen LogP contribution in [0, 0.1) is 5.92 Å². The second-order valence-electron chi connectivity index (χ2n) is 8.72. The molecule has 0 aliphatic heterocycles. The smallest absolute Gasteiger partial charge is 0.412 e. The van der Waals surface area contributed by atoms with E-state index < -0.39 is 23.5 Å². The average molecular weight is 443 g/mol. The van der Waals surface area contributed by atoms with Gasteiger partial charge in [-0.3, -0.25) is 19.7 Å². The molecule has 2 rings (SSSR count). The van der Waals surface area contributed by atoms with Gasteiger partial charge in [-0.1, -0.05) is 25.3 Å². The number of rotatable bonds is 7. The summed E-state index contributed by atoms with van der Waals surface area (Å²) in [5.74, 6) is -2.02. The highest BCUT2D eigenvalue weighted by Crippen LogP contribution is 2.38. The first-order valence-corrected chi connectivity index (χ1v) is 10.3. The SMILES string of the molecule is C=C(NC(=O)C(=C)NC(=O)C1CCC(c2ccc(NC(=O)OC(C)(C)C)cc2)C1)C(N)=O. The third-order valence-electron chi connectivity index (χ3n) is 4.94. The fraction of sp³-hybridized carbons (Fsp3) is 0.391. The normalized spacial score (nSPS) is 17.7. The van der Waals surface area contributed by atoms with Gasteiger partial charge in [-0.25, -0.2) is 4.79 Å². The molecule has 1 saturated carbocycles. The number of amides is 4. The summed E-state index contributed by atoms with van der Waals surface area (Å²) in [7, 11) is 0. The summed E-state index contributed by atoms with van der Waals surface area (Å²) in [4.78, 5) is 47.3. The highest BCUT2D eigenvalue weighted by atomic mass is 16.6. The summed E-state index contributed by atoms with van der Waals surface area (Å²) in [5.41, 5.74) is 5.65. The van der Waals surface area contributed by atoms with Crippen LogP contribution in [0.4, 0.5) is 10.5 Å². The lowest BCUT2D eigenvalue weighted by molar-refractivity contribution is -0.126. The average Bonchev–Trinajstić information content (AvgIpc) is 3.17. The Morgan fingerprint density at radius 2 is 1.62 bits per heavy atom. The molecule has 1 aliphatic rings. The predicted molar refractivity (Wildman–Crippen MR) is 120 cm³/mol. The first kappa shape index (κ1) is 24.6. The molecule has 2 atom stereocenters. The first-order valence-electron chi connectivity index (χ1n) is 10.3. The molecule has 0 aromatic heterocycles. The van der Waals surface area contributed by atoms with Gasteiger partial charge in [0.1, 0.15) is 5.60 Å². The van der Waals surface area contributed by atoms with Gasteiger partial charge < -0.3 is 21.1 Å². The van der Waals surface area contributed by atoms with Crippen molar-refractivity contribution in [2.45, 2.75) is 51.6 Å². The number of anilines is 1. The molecule has 5 N–H and O–H groups in total. The molecule has 1 aliphatic carbocycles. The number of carbonyl (C=O) groups excluding carboxylic acids is 4. The molecule has 1 aromatic rings. The molecule has 9 heteroatoms. The molecule has 2 unspecified atom stereocenters. The third-order valence-corrected chi connectivity index (χ3v) is 4.94. The second-order valence-corrected chi connectivity index (χ2v) is 8.72. The van der Waals surface area contributed by atoms with Crippen molar-refractivity contribution in [3.63, 3.8) is 0 Å². The van der Waals surface area contributed by atoms with Crippen LogP contribution in [0.25, 0.3) is 0 Å². The Bertz CT molecular complexity index is 931. The highest BCUT2D eigenvalue weighted by molar-refractivity contribution is 6.03. The van der Waals surface area contributed by atoms with Gasteiger partial charge in [0.2, 0.25) is 5.91 Å². The maximum Gasteiger partial charge on any atom is 0.412 e. The van der Waals surface area contributed by atoms with Crippen molar-refractivity contribution < 1.29 is 23.9 Å². The maximum absolute atomic E-state index is 12.5. The van der Waals surface area contributed by atoms with Gasteiger partial charge in [0.15, 0.2) is 0 Å². The summed E-state index contributed by atoms with van der Waals surface area (Å²) < 4.78 is 5.24. The van der Waals surface area contributed by atoms with Crippen molar-refractivity contribution >= 4 is 29.5 Å². The monoisotopic (exact) mass is 442 g/mol. The number of benzene rings is 1. The van der Waals surface area contributed by atoms with Crippen molar-refractivity contribution in [1.82, 2.24) is 10.6 Å². The Hall–Kier alpha value is -3.62. The largest absolute Gasteiger partial charge is 0.444 e. The quantitative estimate of drug-likeness (QED) is 0.481. The van der Waals surface area contributed by atoms with Gasteiger partial charge in [0.05, 0.1) is 11.4 Å². The summed E-state index contributed by atoms with van der Waals surface area (Å²) >= 11 is 0. The van der Waals surface area contributed by atoms with E-state index in [4.69, 9.17) is 10.5 Å². The van der Waals surface area contributed by atoms with Crippen LogP contribution in [-0.2, 0) is 19.1 Å². The fourth-order valence-electron chi connectivity index (χ4n) is 3.36. The highest BCUT2D eigenvalue weighted by Gasteiger charge is 2.31. The van der Waals surface area contributed by atoms with Crippen LogP contribution in [-0.4, -0.2) is 29.4 Å². The Labute approximate surface area is 187 Å². The van der Waals surface area contributed by atoms with Crippen LogP contribution in [0.5, 0.6) is 0 Å². The minimum atomic E-state index is -0.872. The van der Waals surface area contributed by atoms with Crippen LogP contribution in [0.3, 0.4) is 0 Å². The van der Waals surface area contributed by atoms with Crippen LogP contribution in [0.15, 0.2) is 48.8 Å². The van der Waals surface area contributed by atoms with E-state index in [0.717, 1.165) is 12.0 Å². The second kappa shape index (κ2) is 10.1. The van der Waals surface area contributed by atoms with E-state index in [2.05, 4.69) is 29.1 Å². The van der Waals surface area contributed by atoms with Gasteiger partial charge in [0, 0.05) is 11.6 Å². The first-order chi connectivity index (χ1) is 14.9. The summed E-state index contributed by atoms with van der Waals surface area (Å²) in [6.45, 7) is 12.2. The number of primary amides is 1. The van der Waals surface area contributed by atoms with Crippen LogP contribution in [0.2, 0.25) is 0 Å². The standard InChI is InChI=1S/C23H30N4O5/c1-13(19(24)28)25-20(29)14(2)26-21(30)17-7-6-16(12-17)15-8-10-18(11-9-15)27-22(31)32-23(3,4)5/h8-11,16-17H,1-2,6-7,12H2,3-5H3,(H2,24,28)(H,25,29)(H,26,30)(H,27,31). The number of hydrogen-bond donors (Lipinski definition) is 4. The van der Waals surface area contributed by atoms with Gasteiger partial charge in [-0.15, -0.1) is 0 Å². The Balaban J connectivity index is 1.87. The van der Waals surface area contributed by atoms with Gasteiger partial charge in [0.25, 0.3) is 11.8 Å². The zero-order chi connectivity index (χ0) is 24.1. The van der Waals surface area contributed by atoms with Gasteiger partial charge in [-0.05, 0) is 63.6 Å². The molecule has 9 nitrogen and oxygen atoms in total. The molecular formula is C23H30N4O5. The maximum atomic E-state index is 12.5. The van der Waals surface area contributed by atoms with Crippen LogP contribution in [0.1, 0.15) is 51.5 Å². The van der Waals surface area contributed by atoms with E-state index in [1.54, 1.807) is 32.9 Å². The molecule has 0 radical (unpaired) electrons. The number of hydrogen-bond acceptors (Lipinski definition) is 5. The Morgan fingerprint density at radius 3 is 2.19 bits per heavy atom. The minimum Gasteiger partial charge on any atom is -0.444 e. The van der Waals surface area contributed by atoms with Crippen molar-refractivity contribution in [2.75, 3.05) is 5.32 Å². The summed E-state index contributed by atoms with van der Waals surface area (Å²) in [6, 6.07) is 7.42. The van der Waals surface area contributed by atoms with Crippen LogP contribution < -0.4 is 21.7 Å². The lowest BCUT2D eigenvalue weighted by Crippen LogP contribution is -2.38. The lowest BCUT2D eigenvalue weighted by Gasteiger charge is -2.20. The van der Waals surface area contributed by atoms with Crippen molar-refractivity contribution in [1.29, 1.82) is 0 Å². The van der Waals surface area contributed by atoms with Crippen molar-refractivity contribution in [3.05, 3.63) is 54.4 Å². The van der Waals surface area contributed by atoms with Crippen molar-refractivity contribution in [2.24, 2.45) is 11.7 Å². The molecule has 0 heterocycles. The molecule has 0 bridgehead atoms. The number of nitrogens with one attached hydrogen (secondary N) is 3. The molecule has 32 heavy (non-hydrogen) atoms. The van der Waals surface area contributed by atoms with Gasteiger partial charge in [-0.2, -0.15) is 0 Å². The van der Waals surface area contributed by atoms with E-state index in [1.807, 2.05) is 12.1 Å². The van der Waals surface area contributed by atoms with E-state index in [-0.39, 0.29) is 29.1 Å². The Morgan fingerprint density at radius 1 is 1.00 bits per heavy atom. The molecule has 172 valence electrons. The van der Waals surface area contributed by atoms with E-state index in [0.29, 0.717) is 18.5 Å².